The van der Waals surface area contributed by atoms with E-state index in [9.17, 15) is 19.2 Å². The molecule has 1 saturated heterocycles. The first-order valence-electron chi connectivity index (χ1n) is 9.87. The number of hydrogen-bond acceptors (Lipinski definition) is 5. The van der Waals surface area contributed by atoms with Gasteiger partial charge in [0.25, 0.3) is 0 Å². The van der Waals surface area contributed by atoms with Gasteiger partial charge >= 0.3 is 5.97 Å². The average molecular weight is 408 g/mol. The van der Waals surface area contributed by atoms with Crippen LogP contribution in [0.2, 0.25) is 0 Å². The van der Waals surface area contributed by atoms with Gasteiger partial charge in [0.15, 0.2) is 12.4 Å². The highest BCUT2D eigenvalue weighted by atomic mass is 16.5. The van der Waals surface area contributed by atoms with Gasteiger partial charge in [-0.05, 0) is 42.8 Å². The molecule has 7 heteroatoms. The van der Waals surface area contributed by atoms with Gasteiger partial charge in [-0.15, -0.1) is 0 Å². The lowest BCUT2D eigenvalue weighted by atomic mass is 10.1. The van der Waals surface area contributed by atoms with E-state index in [1.165, 1.54) is 0 Å². The molecule has 0 aliphatic carbocycles. The first-order chi connectivity index (χ1) is 14.4. The highest BCUT2D eigenvalue weighted by Crippen LogP contribution is 2.26. The Labute approximate surface area is 175 Å². The zero-order valence-electron chi connectivity index (χ0n) is 17.0. The molecule has 30 heavy (non-hydrogen) atoms. The summed E-state index contributed by atoms with van der Waals surface area (Å²) in [7, 11) is 0. The van der Waals surface area contributed by atoms with Crippen LogP contribution in [0.1, 0.15) is 47.4 Å². The van der Waals surface area contributed by atoms with Gasteiger partial charge in [0, 0.05) is 30.1 Å². The summed E-state index contributed by atoms with van der Waals surface area (Å²) in [4.78, 5) is 50.3. The zero-order chi connectivity index (χ0) is 21.7. The predicted molar refractivity (Wildman–Crippen MR) is 113 cm³/mol. The van der Waals surface area contributed by atoms with Crippen molar-refractivity contribution in [3.8, 4) is 0 Å². The molecule has 0 bridgehead atoms. The molecule has 0 radical (unpaired) electrons. The molecule has 1 aliphatic heterocycles. The lowest BCUT2D eigenvalue weighted by Gasteiger charge is -2.18. The number of amides is 2. The smallest absolute Gasteiger partial charge is 0.340 e. The molecule has 1 aliphatic rings. The van der Waals surface area contributed by atoms with Crippen LogP contribution in [0, 0.1) is 5.92 Å². The van der Waals surface area contributed by atoms with Gasteiger partial charge < -0.3 is 15.0 Å². The molecule has 1 fully saturated rings. The number of anilines is 2. The van der Waals surface area contributed by atoms with Gasteiger partial charge in [0.1, 0.15) is 0 Å². The van der Waals surface area contributed by atoms with Crippen molar-refractivity contribution in [3.63, 3.8) is 0 Å². The zero-order valence-corrected chi connectivity index (χ0v) is 17.0. The summed E-state index contributed by atoms with van der Waals surface area (Å²) in [6.45, 7) is 3.72. The third-order valence-electron chi connectivity index (χ3n) is 4.82. The molecule has 0 atom stereocenters. The Bertz CT molecular complexity index is 966. The van der Waals surface area contributed by atoms with Crippen molar-refractivity contribution in [1.82, 2.24) is 0 Å². The second-order valence-electron chi connectivity index (χ2n) is 7.39. The number of hydrogen-bond donors (Lipinski definition) is 1. The molecule has 1 N–H and O–H groups in total. The van der Waals surface area contributed by atoms with Gasteiger partial charge in [-0.2, -0.15) is 0 Å². The minimum Gasteiger partial charge on any atom is -0.454 e. The van der Waals surface area contributed by atoms with Crippen LogP contribution in [0.15, 0.2) is 48.5 Å². The largest absolute Gasteiger partial charge is 0.454 e. The van der Waals surface area contributed by atoms with E-state index in [-0.39, 0.29) is 29.1 Å². The normalized spacial score (nSPS) is 13.4. The summed E-state index contributed by atoms with van der Waals surface area (Å²) in [6.07, 6.45) is 1.20. The second kappa shape index (κ2) is 9.35. The van der Waals surface area contributed by atoms with Crippen LogP contribution < -0.4 is 10.2 Å². The summed E-state index contributed by atoms with van der Waals surface area (Å²) >= 11 is 0. The number of esters is 1. The van der Waals surface area contributed by atoms with Gasteiger partial charge in [-0.3, -0.25) is 14.4 Å². The van der Waals surface area contributed by atoms with Gasteiger partial charge in [-0.25, -0.2) is 4.79 Å². The van der Waals surface area contributed by atoms with Crippen LogP contribution >= 0.6 is 0 Å². The monoisotopic (exact) mass is 408 g/mol. The molecule has 156 valence electrons. The number of carbonyl (C=O) groups is 4. The van der Waals surface area contributed by atoms with Crippen LogP contribution in [-0.4, -0.2) is 36.7 Å². The molecular formula is C23H24N2O5. The van der Waals surface area contributed by atoms with Crippen LogP contribution in [0.25, 0.3) is 0 Å². The molecule has 0 unspecified atom stereocenters. The third kappa shape index (κ3) is 4.92. The van der Waals surface area contributed by atoms with Crippen LogP contribution in [0.3, 0.4) is 0 Å². The quantitative estimate of drug-likeness (QED) is 0.560. The van der Waals surface area contributed by atoms with E-state index in [1.807, 2.05) is 0 Å². The summed E-state index contributed by atoms with van der Waals surface area (Å²) in [5.74, 6) is -1.31. The number of para-hydroxylation sites is 1. The van der Waals surface area contributed by atoms with E-state index < -0.39 is 12.6 Å². The third-order valence-corrected chi connectivity index (χ3v) is 4.82. The maximum absolute atomic E-state index is 12.5. The predicted octanol–water partition coefficient (Wildman–Crippen LogP) is 3.45. The Morgan fingerprint density at radius 3 is 2.40 bits per heavy atom. The Morgan fingerprint density at radius 2 is 1.77 bits per heavy atom. The molecule has 2 aromatic carbocycles. The Kier molecular flexibility index (Phi) is 6.61. The van der Waals surface area contributed by atoms with E-state index in [0.29, 0.717) is 29.9 Å². The number of ether oxygens (including phenoxy) is 1. The minimum absolute atomic E-state index is 0.0315. The molecule has 7 nitrogen and oxygen atoms in total. The molecule has 0 saturated carbocycles. The van der Waals surface area contributed by atoms with Crippen molar-refractivity contribution in [2.75, 3.05) is 23.4 Å². The van der Waals surface area contributed by atoms with Gasteiger partial charge in [0.2, 0.25) is 11.8 Å². The first kappa shape index (κ1) is 21.2. The fourth-order valence-corrected chi connectivity index (χ4v) is 3.10. The van der Waals surface area contributed by atoms with E-state index >= 15 is 0 Å². The second-order valence-corrected chi connectivity index (χ2v) is 7.39. The fraction of sp³-hybridized carbons (Fsp3) is 0.304. The number of carbonyl (C=O) groups excluding carboxylic acids is 4. The van der Waals surface area contributed by atoms with Crippen molar-refractivity contribution in [2.45, 2.75) is 26.7 Å². The lowest BCUT2D eigenvalue weighted by molar-refractivity contribution is -0.119. The Morgan fingerprint density at radius 1 is 1.07 bits per heavy atom. The van der Waals surface area contributed by atoms with Crippen molar-refractivity contribution >= 4 is 34.9 Å². The van der Waals surface area contributed by atoms with Crippen molar-refractivity contribution < 1.29 is 23.9 Å². The molecule has 1 heterocycles. The number of Topliss-reactive ketones (excluding diaryl/α,β-unsaturated/α-hetero) is 1. The summed E-state index contributed by atoms with van der Waals surface area (Å²) in [5, 5.41) is 2.75. The number of nitrogens with one attached hydrogen (secondary N) is 1. The maximum atomic E-state index is 12.5. The highest BCUT2D eigenvalue weighted by Gasteiger charge is 2.26. The average Bonchev–Trinajstić information content (AvgIpc) is 3.17. The minimum atomic E-state index is -0.653. The van der Waals surface area contributed by atoms with Crippen molar-refractivity contribution in [1.29, 1.82) is 0 Å². The van der Waals surface area contributed by atoms with Crippen molar-refractivity contribution in [2.24, 2.45) is 5.92 Å². The highest BCUT2D eigenvalue weighted by molar-refractivity contribution is 6.05. The molecule has 2 amide bonds. The summed E-state index contributed by atoms with van der Waals surface area (Å²) in [5.41, 5.74) is 1.72. The SMILES string of the molecule is CC(C)C(=O)Nc1ccc(C(=O)COC(=O)c2ccccc2N2CCCC2=O)cc1. The van der Waals surface area contributed by atoms with Crippen LogP contribution in [0.4, 0.5) is 11.4 Å². The van der Waals surface area contributed by atoms with Crippen molar-refractivity contribution in [3.05, 3.63) is 59.7 Å². The van der Waals surface area contributed by atoms with Crippen LogP contribution in [-0.2, 0) is 14.3 Å². The lowest BCUT2D eigenvalue weighted by Crippen LogP contribution is -2.26. The fourth-order valence-electron chi connectivity index (χ4n) is 3.10. The molecule has 0 aromatic heterocycles. The number of nitrogens with zero attached hydrogens (tertiary/aromatic N) is 1. The van der Waals surface area contributed by atoms with E-state index in [1.54, 1.807) is 67.3 Å². The number of ketones is 1. The number of benzene rings is 2. The molecule has 3 rings (SSSR count). The Balaban J connectivity index is 1.62. The first-order valence-corrected chi connectivity index (χ1v) is 9.87. The van der Waals surface area contributed by atoms with E-state index in [4.69, 9.17) is 4.74 Å². The number of rotatable bonds is 7. The topological polar surface area (TPSA) is 92.8 Å². The van der Waals surface area contributed by atoms with Crippen LogP contribution in [0.5, 0.6) is 0 Å². The standard InChI is InChI=1S/C23H24N2O5/c1-15(2)22(28)24-17-11-9-16(10-12-17)20(26)14-30-23(29)18-6-3-4-7-19(18)25-13-5-8-21(25)27/h3-4,6-7,9-12,15H,5,8,13-14H2,1-2H3,(H,24,28). The van der Waals surface area contributed by atoms with E-state index in [0.717, 1.165) is 6.42 Å². The molecular weight excluding hydrogens is 384 g/mol. The maximum Gasteiger partial charge on any atom is 0.340 e. The van der Waals surface area contributed by atoms with Gasteiger partial charge in [0.05, 0.1) is 11.3 Å². The van der Waals surface area contributed by atoms with E-state index in [2.05, 4.69) is 5.32 Å². The Hall–Kier alpha value is -3.48. The molecule has 0 spiro atoms. The summed E-state index contributed by atoms with van der Waals surface area (Å²) < 4.78 is 5.21. The molecule has 2 aromatic rings. The van der Waals surface area contributed by atoms with Gasteiger partial charge in [-0.1, -0.05) is 26.0 Å². The summed E-state index contributed by atoms with van der Waals surface area (Å²) in [6, 6.07) is 13.1.